The fourth-order valence-electron chi connectivity index (χ4n) is 12.9. The molecule has 484 valence electrons. The van der Waals surface area contributed by atoms with Crippen LogP contribution >= 0.6 is 0 Å². The molecular formula is C55H91N19O13. The van der Waals surface area contributed by atoms with Gasteiger partial charge >= 0.3 is 11.9 Å². The van der Waals surface area contributed by atoms with Crippen molar-refractivity contribution < 1.29 is 63.0 Å². The highest BCUT2D eigenvalue weighted by atomic mass is 16.4. The molecular weight excluding hydrogens is 1130 g/mol. The van der Waals surface area contributed by atoms with Crippen LogP contribution in [0.4, 0.5) is 0 Å². The van der Waals surface area contributed by atoms with E-state index in [4.69, 9.17) is 40.1 Å². The largest absolute Gasteiger partial charge is 0.481 e. The molecule has 6 saturated heterocycles. The van der Waals surface area contributed by atoms with Crippen molar-refractivity contribution in [3.63, 3.8) is 0 Å². The maximum atomic E-state index is 15.1. The molecule has 6 fully saturated rings. The summed E-state index contributed by atoms with van der Waals surface area (Å²) in [5.74, 6) is -9.49. The molecule has 19 N–H and O–H groups in total. The summed E-state index contributed by atoms with van der Waals surface area (Å²) >= 11 is 0. The van der Waals surface area contributed by atoms with Crippen LogP contribution in [0.2, 0.25) is 0 Å². The van der Waals surface area contributed by atoms with Crippen LogP contribution in [0.15, 0.2) is 15.0 Å². The number of guanidine groups is 3. The average Bonchev–Trinajstić information content (AvgIpc) is 2.86. The number of carboxylic acids is 2. The Morgan fingerprint density at radius 2 is 0.816 bits per heavy atom. The van der Waals surface area contributed by atoms with E-state index in [1.165, 1.54) is 29.4 Å². The molecule has 0 spiro atoms. The summed E-state index contributed by atoms with van der Waals surface area (Å²) in [5, 5.41) is 27.9. The zero-order valence-electron chi connectivity index (χ0n) is 50.0. The Bertz CT molecular complexity index is 2630. The fourth-order valence-corrected chi connectivity index (χ4v) is 12.9. The van der Waals surface area contributed by atoms with E-state index in [9.17, 15) is 58.2 Å². The number of carboxylic acid groups (broad SMARTS) is 2. The van der Waals surface area contributed by atoms with Gasteiger partial charge < -0.3 is 95.7 Å². The number of nitrogens with two attached hydrogens (primary N) is 7. The number of carbonyl (C=O) groups excluding carboxylic acids is 9. The van der Waals surface area contributed by atoms with Gasteiger partial charge in [0.25, 0.3) is 0 Å². The molecule has 32 nitrogen and oxygen atoms in total. The van der Waals surface area contributed by atoms with Gasteiger partial charge in [-0.1, -0.05) is 13.8 Å². The first-order chi connectivity index (χ1) is 41.3. The van der Waals surface area contributed by atoms with Gasteiger partial charge in [-0.25, -0.2) is 4.79 Å². The molecule has 0 bridgehead atoms. The van der Waals surface area contributed by atoms with E-state index in [1.54, 1.807) is 0 Å². The van der Waals surface area contributed by atoms with Crippen LogP contribution in [0.1, 0.15) is 129 Å². The summed E-state index contributed by atoms with van der Waals surface area (Å²) in [7, 11) is 0. The molecule has 0 aliphatic carbocycles. The van der Waals surface area contributed by atoms with Crippen molar-refractivity contribution in [1.82, 2.24) is 45.3 Å². The van der Waals surface area contributed by atoms with Crippen LogP contribution in [0.5, 0.6) is 0 Å². The predicted octanol–water partition coefficient (Wildman–Crippen LogP) is -4.68. The molecule has 11 atom stereocenters. The van der Waals surface area contributed by atoms with Crippen molar-refractivity contribution in [3.8, 4) is 0 Å². The smallest absolute Gasteiger partial charge is 0.326 e. The standard InChI is InChI=1S/C55H91N19O13/c1-30(2)41(56)50(84)72-26-9-16-37(72)48(82)70-24-7-15-36(70)47(81)71-25-8-18-39(71)49(83)74-28-19-31(29-40(75)76)42(74)51(85)73-27-10-17-38(73)46(80)69-23-6-14-35(69)45(79)67-33(12-4-21-64-54(59)60)43(77)66-32(11-3-20-63-53(57)58)44(78)68-34(52(86)87)13-5-22-65-55(61)62/h30-39,41-42H,3-29,56H2,1-2H3,(H,66,77)(H,67,79)(H,68,78)(H,75,76)(H,86,87)(H4,57,58,63)(H4,59,60,64)(H4,61,62,65)/t31?,32-,33-,34-,35-,36-,37-,38-,39-,41-,42-/m0/s1. The van der Waals surface area contributed by atoms with Gasteiger partial charge in [-0.2, -0.15) is 0 Å². The number of hydrogen-bond donors (Lipinski definition) is 12. The van der Waals surface area contributed by atoms with E-state index in [2.05, 4.69) is 30.9 Å². The summed E-state index contributed by atoms with van der Waals surface area (Å²) in [6, 6.07) is -11.2. The van der Waals surface area contributed by atoms with Gasteiger partial charge in [-0.3, -0.25) is 62.9 Å². The van der Waals surface area contributed by atoms with E-state index in [1.807, 2.05) is 13.8 Å². The van der Waals surface area contributed by atoms with E-state index >= 15 is 4.79 Å². The van der Waals surface area contributed by atoms with Gasteiger partial charge in [0.2, 0.25) is 53.2 Å². The molecule has 32 heteroatoms. The van der Waals surface area contributed by atoms with Gasteiger partial charge in [-0.05, 0) is 115 Å². The molecule has 0 radical (unpaired) electrons. The lowest BCUT2D eigenvalue weighted by molar-refractivity contribution is -0.155. The lowest BCUT2D eigenvalue weighted by atomic mass is 9.94. The summed E-state index contributed by atoms with van der Waals surface area (Å²) in [6.07, 6.45) is 3.60. The first-order valence-electron chi connectivity index (χ1n) is 30.4. The Hall–Kier alpha value is -8.06. The van der Waals surface area contributed by atoms with Crippen molar-refractivity contribution in [3.05, 3.63) is 0 Å². The normalized spacial score (nSPS) is 24.0. The van der Waals surface area contributed by atoms with Crippen LogP contribution in [0.3, 0.4) is 0 Å². The van der Waals surface area contributed by atoms with Gasteiger partial charge in [-0.15, -0.1) is 0 Å². The number of nitrogens with one attached hydrogen (secondary N) is 3. The first-order valence-corrected chi connectivity index (χ1v) is 30.4. The van der Waals surface area contributed by atoms with Crippen molar-refractivity contribution in [2.24, 2.45) is 66.9 Å². The Labute approximate surface area is 505 Å². The number of nitrogens with zero attached hydrogens (tertiary/aromatic N) is 9. The van der Waals surface area contributed by atoms with Crippen LogP contribution in [0.25, 0.3) is 0 Å². The molecule has 6 heterocycles. The third-order valence-corrected chi connectivity index (χ3v) is 17.3. The number of carbonyl (C=O) groups is 11. The van der Waals surface area contributed by atoms with Crippen molar-refractivity contribution in [1.29, 1.82) is 0 Å². The second-order valence-corrected chi connectivity index (χ2v) is 23.7. The van der Waals surface area contributed by atoms with Crippen molar-refractivity contribution >= 4 is 83.0 Å². The lowest BCUT2D eigenvalue weighted by Crippen LogP contribution is -2.60. The lowest BCUT2D eigenvalue weighted by Gasteiger charge is -2.38. The molecule has 6 rings (SSSR count). The van der Waals surface area contributed by atoms with E-state index in [0.29, 0.717) is 51.5 Å². The minimum atomic E-state index is -1.40. The van der Waals surface area contributed by atoms with E-state index in [0.717, 1.165) is 0 Å². The second-order valence-electron chi connectivity index (χ2n) is 23.7. The number of likely N-dealkylation sites (tertiary alicyclic amines) is 6. The second kappa shape index (κ2) is 31.5. The first kappa shape index (κ1) is 68.1. The van der Waals surface area contributed by atoms with E-state index < -0.39 is 126 Å². The predicted molar refractivity (Wildman–Crippen MR) is 316 cm³/mol. The van der Waals surface area contributed by atoms with Gasteiger partial charge in [0.05, 0.1) is 12.5 Å². The number of rotatable bonds is 28. The zero-order chi connectivity index (χ0) is 63.8. The molecule has 87 heavy (non-hydrogen) atoms. The summed E-state index contributed by atoms with van der Waals surface area (Å²) < 4.78 is 0. The third-order valence-electron chi connectivity index (χ3n) is 17.3. The van der Waals surface area contributed by atoms with Gasteiger partial charge in [0.1, 0.15) is 54.4 Å². The molecule has 1 unspecified atom stereocenters. The summed E-state index contributed by atoms with van der Waals surface area (Å²) in [6.45, 7) is 4.85. The quantitative estimate of drug-likeness (QED) is 0.0199. The van der Waals surface area contributed by atoms with Crippen molar-refractivity contribution in [2.45, 2.75) is 190 Å². The Morgan fingerprint density at radius 3 is 1.23 bits per heavy atom. The molecule has 0 aromatic rings. The molecule has 0 aromatic heterocycles. The molecule has 6 aliphatic rings. The van der Waals surface area contributed by atoms with Gasteiger partial charge in [0.15, 0.2) is 17.9 Å². The highest BCUT2D eigenvalue weighted by Gasteiger charge is 2.53. The van der Waals surface area contributed by atoms with Gasteiger partial charge in [0, 0.05) is 64.8 Å². The maximum Gasteiger partial charge on any atom is 0.326 e. The number of aliphatic imine (C=N–C) groups is 3. The Kier molecular flexibility index (Phi) is 24.7. The fraction of sp³-hybridized carbons (Fsp3) is 0.745. The van der Waals surface area contributed by atoms with Crippen LogP contribution in [-0.4, -0.2) is 242 Å². The maximum absolute atomic E-state index is 15.1. The Balaban J connectivity index is 1.17. The highest BCUT2D eigenvalue weighted by Crippen LogP contribution is 2.36. The molecule has 0 saturated carbocycles. The third kappa shape index (κ3) is 17.6. The van der Waals surface area contributed by atoms with Crippen LogP contribution < -0.4 is 56.1 Å². The minimum Gasteiger partial charge on any atom is -0.481 e. The van der Waals surface area contributed by atoms with E-state index in [-0.39, 0.29) is 152 Å². The molecule has 0 aromatic carbocycles. The zero-order valence-corrected chi connectivity index (χ0v) is 50.0. The number of aliphatic carboxylic acids is 2. The molecule has 9 amide bonds. The number of amides is 9. The van der Waals surface area contributed by atoms with Crippen molar-refractivity contribution in [2.75, 3.05) is 58.9 Å². The molecule has 6 aliphatic heterocycles. The van der Waals surface area contributed by atoms with Crippen LogP contribution in [0, 0.1) is 11.8 Å². The van der Waals surface area contributed by atoms with Crippen LogP contribution in [-0.2, 0) is 52.7 Å². The average molecular weight is 1230 g/mol. The SMILES string of the molecule is CC(C)[C@H](N)C(=O)N1CCC[C@H]1C(=O)N1CCC[C@H]1C(=O)N1CCC[C@H]1C(=O)N1CCC(CC(=O)O)[C@H]1C(=O)N1CCC[C@H]1C(=O)N1CCC[C@H]1C(=O)N[C@@H](CCCN=C(N)N)C(=O)N[C@@H](CCCN=C(N)N)C(=O)N[C@@H](CCCN=C(N)N)C(=O)O. The summed E-state index contributed by atoms with van der Waals surface area (Å²) in [4.78, 5) is 175. The Morgan fingerprint density at radius 1 is 0.460 bits per heavy atom. The monoisotopic (exact) mass is 1230 g/mol. The number of hydrogen-bond acceptors (Lipinski definition) is 15. The minimum absolute atomic E-state index is 0.000613. The highest BCUT2D eigenvalue weighted by molar-refractivity contribution is 6.00. The topological polar surface area (TPSA) is 503 Å². The summed E-state index contributed by atoms with van der Waals surface area (Å²) in [5.41, 5.74) is 39.1.